The molecule has 0 aliphatic rings. The van der Waals surface area contributed by atoms with Crippen molar-refractivity contribution in [1.29, 1.82) is 0 Å². The molecule has 0 aliphatic heterocycles. The van der Waals surface area contributed by atoms with Crippen LogP contribution in [0.1, 0.15) is 48.6 Å². The summed E-state index contributed by atoms with van der Waals surface area (Å²) in [7, 11) is 1.68. The first kappa shape index (κ1) is 19.7. The minimum Gasteiger partial charge on any atom is -0.496 e. The fourth-order valence-corrected chi connectivity index (χ4v) is 2.95. The predicted octanol–water partition coefficient (Wildman–Crippen LogP) is 3.77. The summed E-state index contributed by atoms with van der Waals surface area (Å²) in [6, 6.07) is 6.08. The molecular weight excluding hydrogens is 326 g/mol. The average molecular weight is 355 g/mol. The fourth-order valence-electron chi connectivity index (χ4n) is 2.95. The van der Waals surface area contributed by atoms with Crippen LogP contribution in [-0.2, 0) is 13.0 Å². The summed E-state index contributed by atoms with van der Waals surface area (Å²) in [5.74, 6) is 1.94. The van der Waals surface area contributed by atoms with Gasteiger partial charge in [-0.15, -0.1) is 0 Å². The zero-order chi connectivity index (χ0) is 18.9. The molecule has 0 aliphatic carbocycles. The van der Waals surface area contributed by atoms with Gasteiger partial charge >= 0.3 is 0 Å². The van der Waals surface area contributed by atoms with E-state index >= 15 is 0 Å². The van der Waals surface area contributed by atoms with Crippen LogP contribution < -0.4 is 15.8 Å². The molecule has 0 radical (unpaired) electrons. The van der Waals surface area contributed by atoms with Crippen molar-refractivity contribution in [3.63, 3.8) is 0 Å². The fraction of sp³-hybridized carbons (Fsp3) is 0.450. The molecule has 2 aromatic rings. The van der Waals surface area contributed by atoms with Crippen LogP contribution in [0.3, 0.4) is 0 Å². The summed E-state index contributed by atoms with van der Waals surface area (Å²) in [5.41, 5.74) is 9.95. The minimum absolute atomic E-state index is 0.292. The van der Waals surface area contributed by atoms with Gasteiger partial charge in [-0.25, -0.2) is 4.98 Å². The number of hydrogen-bond acceptors (Lipinski definition) is 6. The second-order valence-electron chi connectivity index (χ2n) is 6.33. The van der Waals surface area contributed by atoms with Crippen LogP contribution in [0.4, 0.5) is 11.8 Å². The van der Waals surface area contributed by atoms with Crippen LogP contribution in [-0.4, -0.2) is 30.3 Å². The Bertz CT molecular complexity index is 745. The number of aliphatic imine (C=N–C) groups is 1. The lowest BCUT2D eigenvalue weighted by Crippen LogP contribution is -2.12. The third kappa shape index (κ3) is 5.18. The van der Waals surface area contributed by atoms with Crippen molar-refractivity contribution in [3.8, 4) is 5.75 Å². The number of nitrogen functional groups attached to an aromatic ring is 1. The smallest absolute Gasteiger partial charge is 0.222 e. The maximum Gasteiger partial charge on any atom is 0.222 e. The lowest BCUT2D eigenvalue weighted by Gasteiger charge is -2.16. The second-order valence-corrected chi connectivity index (χ2v) is 6.33. The molecule has 0 unspecified atom stereocenters. The maximum atomic E-state index is 5.87. The predicted molar refractivity (Wildman–Crippen MR) is 108 cm³/mol. The molecule has 1 aromatic heterocycles. The molecule has 0 bridgehead atoms. The summed E-state index contributed by atoms with van der Waals surface area (Å²) in [6.45, 7) is 9.18. The van der Waals surface area contributed by atoms with Crippen molar-refractivity contribution in [2.75, 3.05) is 24.7 Å². The Kier molecular flexibility index (Phi) is 7.38. The van der Waals surface area contributed by atoms with E-state index in [2.05, 4.69) is 40.0 Å². The number of nitrogens with zero attached hydrogens (tertiary/aromatic N) is 3. The van der Waals surface area contributed by atoms with Gasteiger partial charge in [0, 0.05) is 24.2 Å². The number of aromatic nitrogens is 2. The minimum atomic E-state index is 0.292. The number of nitrogens with one attached hydrogen (secondary N) is 1. The van der Waals surface area contributed by atoms with Crippen molar-refractivity contribution in [3.05, 3.63) is 40.6 Å². The Balaban J connectivity index is 2.32. The Morgan fingerprint density at radius 2 is 2.08 bits per heavy atom. The van der Waals surface area contributed by atoms with Gasteiger partial charge < -0.3 is 15.8 Å². The highest BCUT2D eigenvalue weighted by Crippen LogP contribution is 2.27. The quantitative estimate of drug-likeness (QED) is 0.500. The molecule has 1 heterocycles. The molecule has 0 saturated heterocycles. The monoisotopic (exact) mass is 355 g/mol. The third-order valence-electron chi connectivity index (χ3n) is 4.31. The number of methoxy groups -OCH3 is 1. The maximum absolute atomic E-state index is 5.87. The Morgan fingerprint density at radius 1 is 1.27 bits per heavy atom. The van der Waals surface area contributed by atoms with E-state index < -0.39 is 0 Å². The number of unbranched alkanes of at least 4 members (excludes halogenated alkanes) is 2. The van der Waals surface area contributed by atoms with Gasteiger partial charge in [-0.2, -0.15) is 4.98 Å². The summed E-state index contributed by atoms with van der Waals surface area (Å²) >= 11 is 0. The number of rotatable bonds is 10. The highest BCUT2D eigenvalue weighted by Gasteiger charge is 2.14. The molecule has 0 spiro atoms. The number of hydrogen-bond donors (Lipinski definition) is 2. The van der Waals surface area contributed by atoms with E-state index in [-0.39, 0.29) is 0 Å². The first-order valence-corrected chi connectivity index (χ1v) is 9.04. The molecule has 6 heteroatoms. The molecule has 3 N–H and O–H groups in total. The molecule has 6 nitrogen and oxygen atoms in total. The SMILES string of the molecule is C=NCc1ccc(OC)c(Cc2c(C)nc(N)nc2NCCCCC)c1. The van der Waals surface area contributed by atoms with Crippen LogP contribution in [0.2, 0.25) is 0 Å². The lowest BCUT2D eigenvalue weighted by atomic mass is 10.0. The Hall–Kier alpha value is -2.63. The van der Waals surface area contributed by atoms with Gasteiger partial charge in [-0.1, -0.05) is 25.8 Å². The molecular formula is C20H29N5O. The summed E-state index contributed by atoms with van der Waals surface area (Å²) in [6.07, 6.45) is 4.13. The van der Waals surface area contributed by atoms with Crippen molar-refractivity contribution < 1.29 is 4.74 Å². The highest BCUT2D eigenvalue weighted by molar-refractivity contribution is 5.53. The second kappa shape index (κ2) is 9.75. The van der Waals surface area contributed by atoms with Crippen molar-refractivity contribution >= 4 is 18.5 Å². The number of aryl methyl sites for hydroxylation is 1. The van der Waals surface area contributed by atoms with Gasteiger partial charge in [0.1, 0.15) is 11.6 Å². The molecule has 140 valence electrons. The van der Waals surface area contributed by atoms with Gasteiger partial charge in [-0.3, -0.25) is 4.99 Å². The first-order chi connectivity index (χ1) is 12.6. The van der Waals surface area contributed by atoms with Gasteiger partial charge in [0.2, 0.25) is 5.95 Å². The molecule has 0 amide bonds. The molecule has 0 fully saturated rings. The Morgan fingerprint density at radius 3 is 2.77 bits per heavy atom. The molecule has 1 aromatic carbocycles. The van der Waals surface area contributed by atoms with Crippen molar-refractivity contribution in [1.82, 2.24) is 9.97 Å². The van der Waals surface area contributed by atoms with Gasteiger partial charge in [0.05, 0.1) is 13.7 Å². The van der Waals surface area contributed by atoms with Crippen LogP contribution in [0.5, 0.6) is 5.75 Å². The van der Waals surface area contributed by atoms with E-state index in [1.165, 1.54) is 12.8 Å². The van der Waals surface area contributed by atoms with Crippen LogP contribution >= 0.6 is 0 Å². The zero-order valence-corrected chi connectivity index (χ0v) is 16.0. The summed E-state index contributed by atoms with van der Waals surface area (Å²) in [5, 5.41) is 3.43. The van der Waals surface area contributed by atoms with E-state index in [4.69, 9.17) is 10.5 Å². The largest absolute Gasteiger partial charge is 0.496 e. The number of anilines is 2. The number of benzene rings is 1. The van der Waals surface area contributed by atoms with Crippen LogP contribution in [0.25, 0.3) is 0 Å². The van der Waals surface area contributed by atoms with E-state index in [9.17, 15) is 0 Å². The molecule has 0 atom stereocenters. The third-order valence-corrected chi connectivity index (χ3v) is 4.31. The van der Waals surface area contributed by atoms with Gasteiger partial charge in [-0.05, 0) is 43.3 Å². The van der Waals surface area contributed by atoms with Crippen LogP contribution in [0.15, 0.2) is 23.2 Å². The van der Waals surface area contributed by atoms with E-state index in [0.29, 0.717) is 18.9 Å². The molecule has 0 saturated carbocycles. The normalized spacial score (nSPS) is 10.6. The number of nitrogens with two attached hydrogens (primary N) is 1. The number of ether oxygens (including phenoxy) is 1. The molecule has 2 rings (SSSR count). The molecule has 26 heavy (non-hydrogen) atoms. The Labute approximate surface area is 155 Å². The van der Waals surface area contributed by atoms with Crippen LogP contribution in [0, 0.1) is 6.92 Å². The van der Waals surface area contributed by atoms with Crippen molar-refractivity contribution in [2.45, 2.75) is 46.1 Å². The van der Waals surface area contributed by atoms with E-state index in [1.54, 1.807) is 7.11 Å². The standard InChI is InChI=1S/C20H29N5O/c1-5-6-7-10-23-19-17(14(2)24-20(21)25-19)12-16-11-15(13-22-3)8-9-18(16)26-4/h8-9,11H,3,5-7,10,12-13H2,1-2,4H3,(H3,21,23,24,25). The summed E-state index contributed by atoms with van der Waals surface area (Å²) in [4.78, 5) is 12.7. The van der Waals surface area contributed by atoms with Gasteiger partial charge in [0.25, 0.3) is 0 Å². The first-order valence-electron chi connectivity index (χ1n) is 9.04. The van der Waals surface area contributed by atoms with Crippen molar-refractivity contribution in [2.24, 2.45) is 4.99 Å². The average Bonchev–Trinajstić information content (AvgIpc) is 2.62. The zero-order valence-electron chi connectivity index (χ0n) is 16.0. The highest BCUT2D eigenvalue weighted by atomic mass is 16.5. The van der Waals surface area contributed by atoms with E-state index in [0.717, 1.165) is 46.9 Å². The van der Waals surface area contributed by atoms with Gasteiger partial charge in [0.15, 0.2) is 0 Å². The topological polar surface area (TPSA) is 85.4 Å². The van der Waals surface area contributed by atoms with E-state index in [1.807, 2.05) is 19.1 Å². The summed E-state index contributed by atoms with van der Waals surface area (Å²) < 4.78 is 5.54. The lowest BCUT2D eigenvalue weighted by molar-refractivity contribution is 0.410.